The number of carbonyl (C=O) groups is 1. The van der Waals surface area contributed by atoms with Crippen LogP contribution in [0, 0.1) is 6.92 Å². The number of amides is 2. The van der Waals surface area contributed by atoms with E-state index >= 15 is 0 Å². The third-order valence-corrected chi connectivity index (χ3v) is 4.21. The van der Waals surface area contributed by atoms with Gasteiger partial charge in [-0.1, -0.05) is 17.7 Å². The summed E-state index contributed by atoms with van der Waals surface area (Å²) in [6.07, 6.45) is 1.49. The van der Waals surface area contributed by atoms with Crippen LogP contribution in [0.5, 0.6) is 0 Å². The normalized spacial score (nSPS) is 11.1. The summed E-state index contributed by atoms with van der Waals surface area (Å²) in [5, 5.41) is 0. The van der Waals surface area contributed by atoms with Crippen molar-refractivity contribution in [3.63, 3.8) is 0 Å². The molecule has 2 aromatic rings. The number of furan rings is 1. The van der Waals surface area contributed by atoms with E-state index < -0.39 is 16.1 Å². The van der Waals surface area contributed by atoms with E-state index in [4.69, 9.17) is 4.42 Å². The molecule has 1 heterocycles. The van der Waals surface area contributed by atoms with Gasteiger partial charge in [-0.15, -0.1) is 0 Å². The van der Waals surface area contributed by atoms with Crippen LogP contribution in [-0.4, -0.2) is 26.4 Å². The van der Waals surface area contributed by atoms with Gasteiger partial charge in [-0.3, -0.25) is 0 Å². The van der Waals surface area contributed by atoms with Crippen molar-refractivity contribution < 1.29 is 17.6 Å². The molecule has 0 spiro atoms. The Morgan fingerprint density at radius 2 is 1.90 bits per heavy atom. The van der Waals surface area contributed by atoms with E-state index in [0.717, 1.165) is 5.56 Å². The van der Waals surface area contributed by atoms with Crippen molar-refractivity contribution in [1.82, 2.24) is 9.62 Å². The van der Waals surface area contributed by atoms with E-state index in [0.29, 0.717) is 5.76 Å². The molecule has 1 aromatic carbocycles. The average molecular weight is 308 g/mol. The molecule has 0 atom stereocenters. The fourth-order valence-corrected chi connectivity index (χ4v) is 2.68. The molecule has 0 fully saturated rings. The fraction of sp³-hybridized carbons (Fsp3) is 0.214. The predicted molar refractivity (Wildman–Crippen MR) is 77.1 cm³/mol. The minimum atomic E-state index is -3.87. The van der Waals surface area contributed by atoms with Crippen molar-refractivity contribution in [3.8, 4) is 0 Å². The van der Waals surface area contributed by atoms with Gasteiger partial charge in [0.1, 0.15) is 5.76 Å². The predicted octanol–water partition coefficient (Wildman–Crippen LogP) is 2.12. The molecule has 7 heteroatoms. The highest BCUT2D eigenvalue weighted by Crippen LogP contribution is 2.11. The summed E-state index contributed by atoms with van der Waals surface area (Å²) in [4.78, 5) is 13.2. The SMILES string of the molecule is Cc1ccc(S(=O)(=O)NC(=O)N(C)Cc2ccco2)cc1. The highest BCUT2D eigenvalue weighted by molar-refractivity contribution is 7.90. The maximum atomic E-state index is 12.1. The van der Waals surface area contributed by atoms with Gasteiger partial charge in [-0.2, -0.15) is 0 Å². The fourth-order valence-electron chi connectivity index (χ4n) is 1.68. The lowest BCUT2D eigenvalue weighted by atomic mass is 10.2. The number of rotatable bonds is 4. The zero-order valence-corrected chi connectivity index (χ0v) is 12.6. The Hall–Kier alpha value is -2.28. The van der Waals surface area contributed by atoms with Crippen molar-refractivity contribution in [3.05, 3.63) is 54.0 Å². The zero-order valence-electron chi connectivity index (χ0n) is 11.7. The number of sulfonamides is 1. The van der Waals surface area contributed by atoms with Gasteiger partial charge < -0.3 is 9.32 Å². The van der Waals surface area contributed by atoms with Gasteiger partial charge in [0.25, 0.3) is 10.0 Å². The van der Waals surface area contributed by atoms with Crippen LogP contribution in [0.15, 0.2) is 52.0 Å². The quantitative estimate of drug-likeness (QED) is 0.938. The summed E-state index contributed by atoms with van der Waals surface area (Å²) in [5.74, 6) is 0.570. The van der Waals surface area contributed by atoms with Gasteiger partial charge in [0.05, 0.1) is 17.7 Å². The first-order valence-corrected chi connectivity index (χ1v) is 7.74. The lowest BCUT2D eigenvalue weighted by Gasteiger charge is -2.16. The van der Waals surface area contributed by atoms with Gasteiger partial charge in [0, 0.05) is 7.05 Å². The molecule has 1 aromatic heterocycles. The number of nitrogens with zero attached hydrogens (tertiary/aromatic N) is 1. The Morgan fingerprint density at radius 3 is 2.48 bits per heavy atom. The van der Waals surface area contributed by atoms with Crippen molar-refractivity contribution >= 4 is 16.1 Å². The van der Waals surface area contributed by atoms with Crippen LogP contribution in [0.4, 0.5) is 4.79 Å². The number of hydrogen-bond donors (Lipinski definition) is 1. The molecule has 0 bridgehead atoms. The minimum Gasteiger partial charge on any atom is -0.467 e. The summed E-state index contributed by atoms with van der Waals surface area (Å²) >= 11 is 0. The number of benzene rings is 1. The molecule has 2 amide bonds. The topological polar surface area (TPSA) is 79.6 Å². The maximum absolute atomic E-state index is 12.1. The van der Waals surface area contributed by atoms with E-state index in [1.54, 1.807) is 24.3 Å². The van der Waals surface area contributed by atoms with Gasteiger partial charge in [0.2, 0.25) is 0 Å². The molecular formula is C14H16N2O4S. The first kappa shape index (κ1) is 15.1. The summed E-state index contributed by atoms with van der Waals surface area (Å²) in [6, 6.07) is 8.95. The molecule has 0 unspecified atom stereocenters. The molecule has 0 saturated carbocycles. The molecule has 1 N–H and O–H groups in total. The maximum Gasteiger partial charge on any atom is 0.331 e. The van der Waals surface area contributed by atoms with E-state index in [1.165, 1.54) is 30.3 Å². The molecule has 21 heavy (non-hydrogen) atoms. The van der Waals surface area contributed by atoms with E-state index in [2.05, 4.69) is 0 Å². The molecular weight excluding hydrogens is 292 g/mol. The van der Waals surface area contributed by atoms with Gasteiger partial charge in [-0.25, -0.2) is 17.9 Å². The highest BCUT2D eigenvalue weighted by Gasteiger charge is 2.20. The third kappa shape index (κ3) is 3.85. The second kappa shape index (κ2) is 6.01. The first-order chi connectivity index (χ1) is 9.88. The largest absolute Gasteiger partial charge is 0.467 e. The van der Waals surface area contributed by atoms with Crippen LogP contribution in [0.2, 0.25) is 0 Å². The molecule has 0 saturated heterocycles. The smallest absolute Gasteiger partial charge is 0.331 e. The second-order valence-electron chi connectivity index (χ2n) is 4.66. The molecule has 0 radical (unpaired) electrons. The molecule has 0 aliphatic carbocycles. The number of hydrogen-bond acceptors (Lipinski definition) is 4. The van der Waals surface area contributed by atoms with E-state index in [-0.39, 0.29) is 11.4 Å². The minimum absolute atomic E-state index is 0.0489. The summed E-state index contributed by atoms with van der Waals surface area (Å²) in [7, 11) is -2.38. The number of aryl methyl sites for hydroxylation is 1. The third-order valence-electron chi connectivity index (χ3n) is 2.87. The van der Waals surface area contributed by atoms with Crippen molar-refractivity contribution in [2.24, 2.45) is 0 Å². The Labute approximate surface area is 123 Å². The Balaban J connectivity index is 2.05. The molecule has 0 aliphatic heterocycles. The van der Waals surface area contributed by atoms with Crippen LogP contribution < -0.4 is 4.72 Å². The Bertz CT molecular complexity index is 706. The van der Waals surface area contributed by atoms with Crippen LogP contribution in [0.25, 0.3) is 0 Å². The lowest BCUT2D eigenvalue weighted by molar-refractivity contribution is 0.209. The standard InChI is InChI=1S/C14H16N2O4S/c1-11-5-7-13(8-6-11)21(18,19)15-14(17)16(2)10-12-4-3-9-20-12/h3-9H,10H2,1-2H3,(H,15,17). The zero-order chi connectivity index (χ0) is 15.5. The number of carbonyl (C=O) groups excluding carboxylic acids is 1. The second-order valence-corrected chi connectivity index (χ2v) is 6.34. The summed E-state index contributed by atoms with van der Waals surface area (Å²) < 4.78 is 31.3. The van der Waals surface area contributed by atoms with Crippen molar-refractivity contribution in [1.29, 1.82) is 0 Å². The average Bonchev–Trinajstić information content (AvgIpc) is 2.91. The molecule has 6 nitrogen and oxygen atoms in total. The monoisotopic (exact) mass is 308 g/mol. The summed E-state index contributed by atoms with van der Waals surface area (Å²) in [6.45, 7) is 2.04. The molecule has 112 valence electrons. The van der Waals surface area contributed by atoms with Gasteiger partial charge in [-0.05, 0) is 31.2 Å². The lowest BCUT2D eigenvalue weighted by Crippen LogP contribution is -2.40. The van der Waals surface area contributed by atoms with Gasteiger partial charge in [0.15, 0.2) is 0 Å². The van der Waals surface area contributed by atoms with Crippen LogP contribution in [0.3, 0.4) is 0 Å². The van der Waals surface area contributed by atoms with E-state index in [1.807, 2.05) is 11.6 Å². The van der Waals surface area contributed by atoms with Crippen molar-refractivity contribution in [2.45, 2.75) is 18.4 Å². The Kier molecular flexibility index (Phi) is 4.32. The van der Waals surface area contributed by atoms with Crippen LogP contribution in [-0.2, 0) is 16.6 Å². The molecule has 0 aliphatic rings. The van der Waals surface area contributed by atoms with Gasteiger partial charge >= 0.3 is 6.03 Å². The Morgan fingerprint density at radius 1 is 1.24 bits per heavy atom. The summed E-state index contributed by atoms with van der Waals surface area (Å²) in [5.41, 5.74) is 0.940. The van der Waals surface area contributed by atoms with Crippen LogP contribution in [0.1, 0.15) is 11.3 Å². The number of urea groups is 1. The number of nitrogens with one attached hydrogen (secondary N) is 1. The molecule has 2 rings (SSSR count). The van der Waals surface area contributed by atoms with Crippen molar-refractivity contribution in [2.75, 3.05) is 7.05 Å². The van der Waals surface area contributed by atoms with Crippen LogP contribution >= 0.6 is 0 Å². The highest BCUT2D eigenvalue weighted by atomic mass is 32.2. The first-order valence-electron chi connectivity index (χ1n) is 6.25. The van der Waals surface area contributed by atoms with E-state index in [9.17, 15) is 13.2 Å².